The number of H-pyrrole nitrogens is 1. The van der Waals surface area contributed by atoms with Crippen molar-refractivity contribution in [1.82, 2.24) is 14.9 Å². The molecule has 0 aliphatic carbocycles. The first-order valence-electron chi connectivity index (χ1n) is 9.24. The van der Waals surface area contributed by atoms with E-state index in [0.717, 1.165) is 10.3 Å². The van der Waals surface area contributed by atoms with Crippen LogP contribution >= 0.6 is 0 Å². The van der Waals surface area contributed by atoms with Gasteiger partial charge in [-0.3, -0.25) is 4.79 Å². The molecule has 5 nitrogen and oxygen atoms in total. The van der Waals surface area contributed by atoms with Crippen molar-refractivity contribution < 1.29 is 23.1 Å². The number of aromatic nitrogens is 2. The molecule has 2 N–H and O–H groups in total. The maximum absolute atomic E-state index is 12.8. The molecule has 0 fully saturated rings. The van der Waals surface area contributed by atoms with Gasteiger partial charge in [0.05, 0.1) is 18.2 Å². The molecule has 2 heterocycles. The van der Waals surface area contributed by atoms with Crippen LogP contribution in [-0.2, 0) is 12.1 Å². The molecule has 152 valence electrons. The van der Waals surface area contributed by atoms with Crippen LogP contribution < -0.4 is 0 Å². The fourth-order valence-corrected chi connectivity index (χ4v) is 4.04. The van der Waals surface area contributed by atoms with E-state index in [-0.39, 0.29) is 12.5 Å². The van der Waals surface area contributed by atoms with E-state index in [9.17, 15) is 23.1 Å². The lowest BCUT2D eigenvalue weighted by Gasteiger charge is -2.32. The summed E-state index contributed by atoms with van der Waals surface area (Å²) in [5.41, 5.74) is 0.766. The first kappa shape index (κ1) is 19.4. The van der Waals surface area contributed by atoms with Gasteiger partial charge in [-0.25, -0.2) is 4.98 Å². The van der Waals surface area contributed by atoms with Crippen molar-refractivity contribution in [3.8, 4) is 0 Å². The summed E-state index contributed by atoms with van der Waals surface area (Å²) in [6.07, 6.45) is -1.38. The van der Waals surface area contributed by atoms with E-state index < -0.39 is 24.2 Å². The highest BCUT2D eigenvalue weighted by Crippen LogP contribution is 2.39. The molecule has 2 aromatic carbocycles. The summed E-state index contributed by atoms with van der Waals surface area (Å²) in [6, 6.07) is 8.59. The van der Waals surface area contributed by atoms with Gasteiger partial charge in [0.1, 0.15) is 12.1 Å². The Bertz CT molecular complexity index is 1080. The van der Waals surface area contributed by atoms with Crippen molar-refractivity contribution in [3.63, 3.8) is 0 Å². The molecule has 1 aliphatic rings. The maximum atomic E-state index is 12.8. The number of carbonyl (C=O) groups is 1. The zero-order valence-corrected chi connectivity index (χ0v) is 15.9. The Labute approximate surface area is 165 Å². The summed E-state index contributed by atoms with van der Waals surface area (Å²) in [4.78, 5) is 20.1. The van der Waals surface area contributed by atoms with Crippen molar-refractivity contribution in [2.45, 2.75) is 32.2 Å². The van der Waals surface area contributed by atoms with Crippen LogP contribution in [0.4, 0.5) is 13.2 Å². The number of carbonyl (C=O) groups excluding carboxylic acids is 1. The number of hydrogen-bond acceptors (Lipinski definition) is 3. The summed E-state index contributed by atoms with van der Waals surface area (Å²) in [5.74, 6) is -0.780. The standard InChI is InChI=1S/C21H20F3N3O2/c1-12(2)21(29,18-8-25-11-26-18)14-4-6-15-13(7-14)3-5-16-17(15)9-27(19(16)28)10-20(22,23)24/h3-8,11-12,29H,9-10H2,1-2H3,(H,25,26). The van der Waals surface area contributed by atoms with Gasteiger partial charge in [0, 0.05) is 12.1 Å². The third kappa shape index (κ3) is 3.17. The van der Waals surface area contributed by atoms with Gasteiger partial charge in [0.15, 0.2) is 0 Å². The largest absolute Gasteiger partial charge is 0.406 e. The molecule has 8 heteroatoms. The number of amides is 1. The molecule has 1 aromatic heterocycles. The number of imidazole rings is 1. The molecule has 0 saturated heterocycles. The highest BCUT2D eigenvalue weighted by atomic mass is 19.4. The van der Waals surface area contributed by atoms with Crippen LogP contribution in [0.25, 0.3) is 10.8 Å². The fourth-order valence-electron chi connectivity index (χ4n) is 4.04. The molecule has 1 amide bonds. The average molecular weight is 403 g/mol. The summed E-state index contributed by atoms with van der Waals surface area (Å²) in [5, 5.41) is 12.9. The summed E-state index contributed by atoms with van der Waals surface area (Å²) in [6.45, 7) is 2.43. The second kappa shape index (κ2) is 6.59. The van der Waals surface area contributed by atoms with Gasteiger partial charge in [-0.15, -0.1) is 0 Å². The molecule has 0 saturated carbocycles. The third-order valence-electron chi connectivity index (χ3n) is 5.55. The van der Waals surface area contributed by atoms with Crippen LogP contribution in [0.2, 0.25) is 0 Å². The molecule has 1 unspecified atom stereocenters. The first-order chi connectivity index (χ1) is 13.6. The first-order valence-corrected chi connectivity index (χ1v) is 9.24. The lowest BCUT2D eigenvalue weighted by atomic mass is 9.80. The van der Waals surface area contributed by atoms with Gasteiger partial charge < -0.3 is 15.0 Å². The van der Waals surface area contributed by atoms with Crippen molar-refractivity contribution in [2.24, 2.45) is 5.92 Å². The van der Waals surface area contributed by atoms with Gasteiger partial charge in [-0.05, 0) is 39.9 Å². The molecule has 0 bridgehead atoms. The van der Waals surface area contributed by atoms with Crippen LogP contribution in [0.5, 0.6) is 0 Å². The van der Waals surface area contributed by atoms with Gasteiger partial charge in [0.2, 0.25) is 0 Å². The second-order valence-corrected chi connectivity index (χ2v) is 7.69. The van der Waals surface area contributed by atoms with Gasteiger partial charge >= 0.3 is 6.18 Å². The van der Waals surface area contributed by atoms with Crippen LogP contribution in [0.1, 0.15) is 41.0 Å². The lowest BCUT2D eigenvalue weighted by Crippen LogP contribution is -2.34. The van der Waals surface area contributed by atoms with Crippen LogP contribution in [-0.4, -0.2) is 38.6 Å². The lowest BCUT2D eigenvalue weighted by molar-refractivity contribution is -0.140. The number of nitrogens with one attached hydrogen (secondary N) is 1. The highest BCUT2D eigenvalue weighted by Gasteiger charge is 2.39. The number of nitrogens with zero attached hydrogens (tertiary/aromatic N) is 2. The Morgan fingerprint density at radius 3 is 2.62 bits per heavy atom. The van der Waals surface area contributed by atoms with Crippen LogP contribution in [0, 0.1) is 5.92 Å². The predicted molar refractivity (Wildman–Crippen MR) is 101 cm³/mol. The number of aliphatic hydroxyl groups is 1. The Balaban J connectivity index is 1.78. The van der Waals surface area contributed by atoms with E-state index in [1.165, 1.54) is 6.33 Å². The van der Waals surface area contributed by atoms with Crippen molar-refractivity contribution >= 4 is 16.7 Å². The highest BCUT2D eigenvalue weighted by molar-refractivity contribution is 6.04. The minimum Gasteiger partial charge on any atom is -0.379 e. The number of fused-ring (bicyclic) bond motifs is 3. The molecule has 4 rings (SSSR count). The Kier molecular flexibility index (Phi) is 4.42. The van der Waals surface area contributed by atoms with E-state index in [1.54, 1.807) is 30.5 Å². The Morgan fingerprint density at radius 1 is 1.24 bits per heavy atom. The van der Waals surface area contributed by atoms with Crippen LogP contribution in [0.3, 0.4) is 0 Å². The second-order valence-electron chi connectivity index (χ2n) is 7.69. The minimum absolute atomic E-state index is 0.0840. The van der Waals surface area contributed by atoms with E-state index in [4.69, 9.17) is 0 Å². The van der Waals surface area contributed by atoms with Gasteiger partial charge in [-0.1, -0.05) is 32.0 Å². The smallest absolute Gasteiger partial charge is 0.379 e. The number of halogens is 3. The number of benzene rings is 2. The van der Waals surface area contributed by atoms with Crippen molar-refractivity contribution in [2.75, 3.05) is 6.54 Å². The molecule has 1 atom stereocenters. The van der Waals surface area contributed by atoms with Crippen molar-refractivity contribution in [3.05, 3.63) is 65.2 Å². The molecule has 0 spiro atoms. The predicted octanol–water partition coefficient (Wildman–Crippen LogP) is 3.97. The normalized spacial score (nSPS) is 16.5. The van der Waals surface area contributed by atoms with E-state index in [0.29, 0.717) is 27.8 Å². The number of aromatic amines is 1. The Morgan fingerprint density at radius 2 is 2.00 bits per heavy atom. The van der Waals surface area contributed by atoms with Gasteiger partial charge in [0.25, 0.3) is 5.91 Å². The molecule has 29 heavy (non-hydrogen) atoms. The monoisotopic (exact) mass is 403 g/mol. The SMILES string of the molecule is CC(C)C(O)(c1ccc2c3c(ccc2c1)C(=O)N(CC(F)(F)F)C3)c1cnc[nH]1. The minimum atomic E-state index is -4.45. The molecular weight excluding hydrogens is 383 g/mol. The Hall–Kier alpha value is -2.87. The molecule has 0 radical (unpaired) electrons. The summed E-state index contributed by atoms with van der Waals surface area (Å²) in [7, 11) is 0. The van der Waals surface area contributed by atoms with E-state index >= 15 is 0 Å². The molecular formula is C21H20F3N3O2. The maximum Gasteiger partial charge on any atom is 0.406 e. The number of hydrogen-bond donors (Lipinski definition) is 2. The van der Waals surface area contributed by atoms with Crippen molar-refractivity contribution in [1.29, 1.82) is 0 Å². The third-order valence-corrected chi connectivity index (χ3v) is 5.55. The zero-order valence-electron chi connectivity index (χ0n) is 15.9. The number of rotatable bonds is 4. The topological polar surface area (TPSA) is 69.2 Å². The zero-order chi connectivity index (χ0) is 21.0. The number of alkyl halides is 3. The molecule has 1 aliphatic heterocycles. The quantitative estimate of drug-likeness (QED) is 0.693. The summed E-state index contributed by atoms with van der Waals surface area (Å²) < 4.78 is 38.3. The van der Waals surface area contributed by atoms with Crippen LogP contribution in [0.15, 0.2) is 42.9 Å². The molecule has 3 aromatic rings. The fraction of sp³-hybridized carbons (Fsp3) is 0.333. The van der Waals surface area contributed by atoms with E-state index in [2.05, 4.69) is 9.97 Å². The average Bonchev–Trinajstić information content (AvgIpc) is 3.29. The van der Waals surface area contributed by atoms with E-state index in [1.807, 2.05) is 19.9 Å². The van der Waals surface area contributed by atoms with Gasteiger partial charge in [-0.2, -0.15) is 13.2 Å². The summed E-state index contributed by atoms with van der Waals surface area (Å²) >= 11 is 0.